The molecule has 0 aromatic heterocycles. The Kier molecular flexibility index (Phi) is 3.03. The molecule has 5 unspecified atom stereocenters. The third-order valence-corrected chi connectivity index (χ3v) is 5.21. The predicted octanol–water partition coefficient (Wildman–Crippen LogP) is 2.03. The lowest BCUT2D eigenvalue weighted by atomic mass is 9.92. The van der Waals surface area contributed by atoms with Gasteiger partial charge < -0.3 is 19.3 Å². The Morgan fingerprint density at radius 2 is 1.26 bits per heavy atom. The van der Waals surface area contributed by atoms with Gasteiger partial charge in [-0.1, -0.05) is 0 Å². The van der Waals surface area contributed by atoms with Gasteiger partial charge in [0.25, 0.3) is 0 Å². The van der Waals surface area contributed by atoms with Crippen LogP contribution in [0.4, 0.5) is 0 Å². The Labute approximate surface area is 115 Å². The Hall–Kier alpha value is -0.160. The van der Waals surface area contributed by atoms with Crippen LogP contribution in [0.2, 0.25) is 0 Å². The highest BCUT2D eigenvalue weighted by Crippen LogP contribution is 2.49. The third-order valence-electron chi connectivity index (χ3n) is 5.21. The van der Waals surface area contributed by atoms with E-state index in [1.807, 2.05) is 0 Å². The molecular formula is C15H26O4. The summed E-state index contributed by atoms with van der Waals surface area (Å²) in [6, 6.07) is 0. The molecule has 0 radical (unpaired) electrons. The van der Waals surface area contributed by atoms with Crippen molar-refractivity contribution < 1.29 is 19.3 Å². The van der Waals surface area contributed by atoms with Crippen LogP contribution in [0.3, 0.4) is 0 Å². The first kappa shape index (κ1) is 13.8. The highest BCUT2D eigenvalue weighted by atomic mass is 16.6. The number of aliphatic hydroxyl groups is 1. The summed E-state index contributed by atoms with van der Waals surface area (Å²) in [5.74, 6) is 0. The minimum absolute atomic E-state index is 0.0400. The monoisotopic (exact) mass is 270 g/mol. The lowest BCUT2D eigenvalue weighted by Crippen LogP contribution is -2.17. The van der Waals surface area contributed by atoms with Crippen LogP contribution in [-0.4, -0.2) is 46.8 Å². The Balaban J connectivity index is 1.36. The Bertz CT molecular complexity index is 369. The average molecular weight is 270 g/mol. The fourth-order valence-corrected chi connectivity index (χ4v) is 3.19. The highest BCUT2D eigenvalue weighted by molar-refractivity contribution is 5.05. The van der Waals surface area contributed by atoms with Crippen molar-refractivity contribution in [3.05, 3.63) is 0 Å². The van der Waals surface area contributed by atoms with Gasteiger partial charge in [0, 0.05) is 0 Å². The Morgan fingerprint density at radius 3 is 1.74 bits per heavy atom. The number of ether oxygens (including phenoxy) is 3. The lowest BCUT2D eigenvalue weighted by molar-refractivity contribution is 0.233. The van der Waals surface area contributed by atoms with E-state index >= 15 is 0 Å². The smallest absolute Gasteiger partial charge is 0.110 e. The zero-order valence-electron chi connectivity index (χ0n) is 12.4. The van der Waals surface area contributed by atoms with Crippen molar-refractivity contribution >= 4 is 0 Å². The van der Waals surface area contributed by atoms with Gasteiger partial charge in [-0.15, -0.1) is 0 Å². The molecule has 3 rings (SSSR count). The summed E-state index contributed by atoms with van der Waals surface area (Å²) in [6.45, 7) is 8.70. The molecule has 5 atom stereocenters. The minimum atomic E-state index is -0.108. The maximum Gasteiger partial charge on any atom is 0.110 e. The summed E-state index contributed by atoms with van der Waals surface area (Å²) in [5, 5.41) is 9.06. The molecule has 3 saturated heterocycles. The topological polar surface area (TPSA) is 57.8 Å². The summed E-state index contributed by atoms with van der Waals surface area (Å²) >= 11 is 0. The molecule has 0 aliphatic carbocycles. The first-order valence-corrected chi connectivity index (χ1v) is 7.43. The maximum atomic E-state index is 9.06. The molecule has 19 heavy (non-hydrogen) atoms. The number of hydrogen-bond acceptors (Lipinski definition) is 4. The quantitative estimate of drug-likeness (QED) is 0.719. The number of hydrogen-bond donors (Lipinski definition) is 1. The largest absolute Gasteiger partial charge is 0.394 e. The van der Waals surface area contributed by atoms with Crippen molar-refractivity contribution in [3.8, 4) is 0 Å². The fraction of sp³-hybridized carbons (Fsp3) is 1.00. The molecule has 0 saturated carbocycles. The van der Waals surface area contributed by atoms with Crippen LogP contribution in [-0.2, 0) is 14.2 Å². The maximum absolute atomic E-state index is 9.06. The van der Waals surface area contributed by atoms with Gasteiger partial charge in [-0.3, -0.25) is 0 Å². The van der Waals surface area contributed by atoms with E-state index in [9.17, 15) is 0 Å². The van der Waals surface area contributed by atoms with E-state index in [1.54, 1.807) is 0 Å². The SMILES string of the molecule is CC1(C)OC1CCC1(C)OC1CCC1(C)OC1CO. The first-order valence-electron chi connectivity index (χ1n) is 7.43. The van der Waals surface area contributed by atoms with Gasteiger partial charge in [0.05, 0.1) is 35.6 Å². The van der Waals surface area contributed by atoms with Crippen molar-refractivity contribution in [2.45, 2.75) is 88.5 Å². The van der Waals surface area contributed by atoms with Gasteiger partial charge in [0.1, 0.15) is 6.10 Å². The predicted molar refractivity (Wildman–Crippen MR) is 71.1 cm³/mol. The molecule has 0 amide bonds. The summed E-state index contributed by atoms with van der Waals surface area (Å²) < 4.78 is 17.0. The second-order valence-electron chi connectivity index (χ2n) is 7.31. The summed E-state index contributed by atoms with van der Waals surface area (Å²) in [7, 11) is 0. The molecule has 0 bridgehead atoms. The van der Waals surface area contributed by atoms with E-state index < -0.39 is 0 Å². The van der Waals surface area contributed by atoms with E-state index in [-0.39, 0.29) is 29.5 Å². The summed E-state index contributed by atoms with van der Waals surface area (Å²) in [6.07, 6.45) is 4.98. The standard InChI is InChI=1S/C15H26O4/c1-13(2)10(17-13)5-7-14(3)11(18-14)6-8-15(4)12(9-16)19-15/h10-12,16H,5-9H2,1-4H3. The Morgan fingerprint density at radius 1 is 0.789 bits per heavy atom. The van der Waals surface area contributed by atoms with Gasteiger partial charge in [0.15, 0.2) is 0 Å². The second-order valence-corrected chi connectivity index (χ2v) is 7.31. The fourth-order valence-electron chi connectivity index (χ4n) is 3.19. The zero-order chi connectivity index (χ0) is 13.9. The van der Waals surface area contributed by atoms with Gasteiger partial charge in [-0.05, 0) is 53.4 Å². The molecule has 3 fully saturated rings. The molecule has 0 aromatic rings. The van der Waals surface area contributed by atoms with Crippen LogP contribution in [0, 0.1) is 0 Å². The molecule has 3 aliphatic heterocycles. The van der Waals surface area contributed by atoms with Crippen LogP contribution in [0.25, 0.3) is 0 Å². The minimum Gasteiger partial charge on any atom is -0.394 e. The van der Waals surface area contributed by atoms with E-state index in [1.165, 1.54) is 0 Å². The number of aliphatic hydroxyl groups excluding tert-OH is 1. The molecule has 1 N–H and O–H groups in total. The van der Waals surface area contributed by atoms with Crippen LogP contribution in [0.1, 0.15) is 53.4 Å². The van der Waals surface area contributed by atoms with Gasteiger partial charge in [-0.2, -0.15) is 0 Å². The molecule has 0 spiro atoms. The molecule has 4 heteroatoms. The summed E-state index contributed by atoms with van der Waals surface area (Å²) in [4.78, 5) is 0. The first-order chi connectivity index (χ1) is 8.79. The van der Waals surface area contributed by atoms with Crippen molar-refractivity contribution in [1.29, 1.82) is 0 Å². The van der Waals surface area contributed by atoms with E-state index in [0.717, 1.165) is 25.7 Å². The highest BCUT2D eigenvalue weighted by Gasteiger charge is 2.57. The van der Waals surface area contributed by atoms with Crippen LogP contribution in [0.15, 0.2) is 0 Å². The van der Waals surface area contributed by atoms with E-state index in [2.05, 4.69) is 27.7 Å². The average Bonchev–Trinajstić information content (AvgIpc) is 3.24. The molecule has 110 valence electrons. The van der Waals surface area contributed by atoms with Gasteiger partial charge >= 0.3 is 0 Å². The molecule has 3 heterocycles. The van der Waals surface area contributed by atoms with Crippen molar-refractivity contribution in [2.75, 3.05) is 6.61 Å². The summed E-state index contributed by atoms with van der Waals surface area (Å²) in [5.41, 5.74) is 0.0234. The van der Waals surface area contributed by atoms with Crippen LogP contribution in [0.5, 0.6) is 0 Å². The third kappa shape index (κ3) is 2.68. The second kappa shape index (κ2) is 4.17. The molecular weight excluding hydrogens is 244 g/mol. The zero-order valence-corrected chi connectivity index (χ0v) is 12.4. The van der Waals surface area contributed by atoms with E-state index in [0.29, 0.717) is 12.2 Å². The van der Waals surface area contributed by atoms with Crippen molar-refractivity contribution in [1.82, 2.24) is 0 Å². The van der Waals surface area contributed by atoms with Crippen LogP contribution >= 0.6 is 0 Å². The number of rotatable bonds is 7. The van der Waals surface area contributed by atoms with Gasteiger partial charge in [0.2, 0.25) is 0 Å². The molecule has 0 aromatic carbocycles. The normalized spacial score (nSPS) is 50.1. The lowest BCUT2D eigenvalue weighted by Gasteiger charge is -2.07. The van der Waals surface area contributed by atoms with E-state index in [4.69, 9.17) is 19.3 Å². The molecule has 4 nitrogen and oxygen atoms in total. The van der Waals surface area contributed by atoms with Crippen molar-refractivity contribution in [3.63, 3.8) is 0 Å². The van der Waals surface area contributed by atoms with Crippen LogP contribution < -0.4 is 0 Å². The number of epoxide rings is 3. The molecule has 3 aliphatic rings. The van der Waals surface area contributed by atoms with Crippen molar-refractivity contribution in [2.24, 2.45) is 0 Å². The van der Waals surface area contributed by atoms with Gasteiger partial charge in [-0.25, -0.2) is 0 Å².